The highest BCUT2D eigenvalue weighted by atomic mass is 35.5. The van der Waals surface area contributed by atoms with Crippen LogP contribution in [0.3, 0.4) is 0 Å². The van der Waals surface area contributed by atoms with Crippen molar-refractivity contribution in [2.75, 3.05) is 6.54 Å². The van der Waals surface area contributed by atoms with Gasteiger partial charge in [-0.15, -0.1) is 0 Å². The number of rotatable bonds is 4. The zero-order valence-electron chi connectivity index (χ0n) is 12.1. The van der Waals surface area contributed by atoms with E-state index in [1.807, 2.05) is 37.3 Å². The van der Waals surface area contributed by atoms with Gasteiger partial charge in [0.1, 0.15) is 11.3 Å². The third-order valence-corrected chi connectivity index (χ3v) is 3.78. The van der Waals surface area contributed by atoms with E-state index in [1.54, 1.807) is 6.20 Å². The Kier molecular flexibility index (Phi) is 3.95. The maximum Gasteiger partial charge on any atom is 0.134 e. The fourth-order valence-electron chi connectivity index (χ4n) is 2.55. The molecule has 1 N–H and O–H groups in total. The lowest BCUT2D eigenvalue weighted by Gasteiger charge is -2.17. The van der Waals surface area contributed by atoms with Crippen LogP contribution in [-0.4, -0.2) is 11.5 Å². The van der Waals surface area contributed by atoms with E-state index >= 15 is 0 Å². The largest absolute Gasteiger partial charge is 0.459 e. The molecule has 3 nitrogen and oxygen atoms in total. The van der Waals surface area contributed by atoms with Gasteiger partial charge in [0.15, 0.2) is 0 Å². The van der Waals surface area contributed by atoms with Crippen molar-refractivity contribution < 1.29 is 4.42 Å². The van der Waals surface area contributed by atoms with Gasteiger partial charge in [-0.25, -0.2) is 0 Å². The number of benzene rings is 1. The molecule has 1 aromatic carbocycles. The van der Waals surface area contributed by atoms with Gasteiger partial charge in [0.2, 0.25) is 0 Å². The van der Waals surface area contributed by atoms with E-state index < -0.39 is 0 Å². The molecule has 108 valence electrons. The Bertz CT molecular complexity index is 766. The summed E-state index contributed by atoms with van der Waals surface area (Å²) in [5.41, 5.74) is 2.98. The summed E-state index contributed by atoms with van der Waals surface area (Å²) < 4.78 is 6.00. The van der Waals surface area contributed by atoms with Gasteiger partial charge in [-0.1, -0.05) is 24.6 Å². The Morgan fingerprint density at radius 3 is 2.90 bits per heavy atom. The second-order valence-electron chi connectivity index (χ2n) is 5.00. The van der Waals surface area contributed by atoms with Gasteiger partial charge < -0.3 is 9.73 Å². The molecule has 0 aliphatic rings. The van der Waals surface area contributed by atoms with E-state index in [2.05, 4.69) is 23.3 Å². The van der Waals surface area contributed by atoms with Gasteiger partial charge in [-0.2, -0.15) is 0 Å². The number of halogens is 1. The van der Waals surface area contributed by atoms with Gasteiger partial charge >= 0.3 is 0 Å². The predicted octanol–water partition coefficient (Wildman–Crippen LogP) is 4.49. The number of furan rings is 1. The van der Waals surface area contributed by atoms with Gasteiger partial charge in [-0.05, 0) is 49.4 Å². The molecule has 0 spiro atoms. The lowest BCUT2D eigenvalue weighted by Crippen LogP contribution is -2.22. The van der Waals surface area contributed by atoms with Crippen molar-refractivity contribution in [3.8, 4) is 0 Å². The van der Waals surface area contributed by atoms with Crippen molar-refractivity contribution in [1.82, 2.24) is 10.3 Å². The zero-order valence-corrected chi connectivity index (χ0v) is 12.8. The van der Waals surface area contributed by atoms with Crippen molar-refractivity contribution in [2.45, 2.75) is 19.9 Å². The molecule has 2 aromatic heterocycles. The van der Waals surface area contributed by atoms with Gasteiger partial charge in [0, 0.05) is 22.3 Å². The molecular weight excluding hydrogens is 284 g/mol. The monoisotopic (exact) mass is 300 g/mol. The smallest absolute Gasteiger partial charge is 0.134 e. The molecule has 3 rings (SSSR count). The number of nitrogens with one attached hydrogen (secondary N) is 1. The van der Waals surface area contributed by atoms with Crippen molar-refractivity contribution >= 4 is 22.6 Å². The number of hydrogen-bond donors (Lipinski definition) is 1. The molecule has 3 aromatic rings. The molecular formula is C17H17ClN2O. The number of aryl methyl sites for hydroxylation is 1. The van der Waals surface area contributed by atoms with Gasteiger partial charge in [0.25, 0.3) is 0 Å². The van der Waals surface area contributed by atoms with E-state index in [4.69, 9.17) is 16.0 Å². The lowest BCUT2D eigenvalue weighted by molar-refractivity contribution is 0.475. The normalized spacial score (nSPS) is 12.7. The summed E-state index contributed by atoms with van der Waals surface area (Å²) in [6, 6.07) is 11.7. The quantitative estimate of drug-likeness (QED) is 0.771. The van der Waals surface area contributed by atoms with Crippen LogP contribution in [-0.2, 0) is 0 Å². The minimum Gasteiger partial charge on any atom is -0.459 e. The topological polar surface area (TPSA) is 38.1 Å². The van der Waals surface area contributed by atoms with Crippen LogP contribution in [0.15, 0.2) is 47.0 Å². The second-order valence-corrected chi connectivity index (χ2v) is 5.44. The third kappa shape index (κ3) is 2.80. The molecule has 0 bridgehead atoms. The van der Waals surface area contributed by atoms with Crippen molar-refractivity contribution in [3.05, 3.63) is 64.6 Å². The number of aromatic nitrogens is 1. The summed E-state index contributed by atoms with van der Waals surface area (Å²) in [6.07, 6.45) is 1.81. The highest BCUT2D eigenvalue weighted by Gasteiger charge is 2.19. The second kappa shape index (κ2) is 5.88. The van der Waals surface area contributed by atoms with Gasteiger partial charge in [-0.3, -0.25) is 4.98 Å². The first-order valence-electron chi connectivity index (χ1n) is 7.03. The molecule has 0 aliphatic heterocycles. The first-order chi connectivity index (χ1) is 10.2. The van der Waals surface area contributed by atoms with Crippen LogP contribution in [0.1, 0.15) is 30.0 Å². The maximum atomic E-state index is 6.04. The molecule has 0 saturated carbocycles. The maximum absolute atomic E-state index is 6.04. The number of nitrogens with zero attached hydrogens (tertiary/aromatic N) is 1. The van der Waals surface area contributed by atoms with E-state index in [-0.39, 0.29) is 6.04 Å². The molecule has 21 heavy (non-hydrogen) atoms. The highest BCUT2D eigenvalue weighted by molar-refractivity contribution is 6.31. The molecule has 2 heterocycles. The lowest BCUT2D eigenvalue weighted by atomic mass is 10.0. The molecule has 0 saturated heterocycles. The summed E-state index contributed by atoms with van der Waals surface area (Å²) in [5, 5.41) is 5.20. The molecule has 0 aliphatic carbocycles. The van der Waals surface area contributed by atoms with E-state index in [0.717, 1.165) is 34.5 Å². The first kappa shape index (κ1) is 14.1. The summed E-state index contributed by atoms with van der Waals surface area (Å²) in [4.78, 5) is 4.37. The van der Waals surface area contributed by atoms with Crippen LogP contribution in [0, 0.1) is 6.92 Å². The molecule has 4 heteroatoms. The SMILES string of the molecule is CCNC(c1cc2cc(Cl)ccc2o1)c1cccnc1C. The molecule has 0 fully saturated rings. The predicted molar refractivity (Wildman–Crippen MR) is 85.7 cm³/mol. The Balaban J connectivity index is 2.09. The Morgan fingerprint density at radius 2 is 2.14 bits per heavy atom. The fourth-order valence-corrected chi connectivity index (χ4v) is 2.73. The Labute approximate surface area is 128 Å². The third-order valence-electron chi connectivity index (χ3n) is 3.55. The van der Waals surface area contributed by atoms with Crippen LogP contribution < -0.4 is 5.32 Å². The van der Waals surface area contributed by atoms with Crippen LogP contribution >= 0.6 is 11.6 Å². The highest BCUT2D eigenvalue weighted by Crippen LogP contribution is 2.30. The van der Waals surface area contributed by atoms with Crippen molar-refractivity contribution in [3.63, 3.8) is 0 Å². The minimum atomic E-state index is -0.00474. The molecule has 0 radical (unpaired) electrons. The van der Waals surface area contributed by atoms with Crippen LogP contribution in [0.25, 0.3) is 11.0 Å². The summed E-state index contributed by atoms with van der Waals surface area (Å²) in [5.74, 6) is 0.880. The molecule has 1 atom stereocenters. The van der Waals surface area contributed by atoms with Gasteiger partial charge in [0.05, 0.1) is 6.04 Å². The standard InChI is InChI=1S/C17H17ClN2O/c1-3-19-17(14-5-4-8-20-11(14)2)16-10-12-9-13(18)6-7-15(12)21-16/h4-10,17,19H,3H2,1-2H3. The zero-order chi connectivity index (χ0) is 14.8. The van der Waals surface area contributed by atoms with E-state index in [9.17, 15) is 0 Å². The van der Waals surface area contributed by atoms with E-state index in [0.29, 0.717) is 5.02 Å². The molecule has 1 unspecified atom stereocenters. The summed E-state index contributed by atoms with van der Waals surface area (Å²) in [6.45, 7) is 4.94. The Hall–Kier alpha value is -1.84. The summed E-state index contributed by atoms with van der Waals surface area (Å²) >= 11 is 6.04. The number of fused-ring (bicyclic) bond motifs is 1. The minimum absolute atomic E-state index is 0.00474. The Morgan fingerprint density at radius 1 is 1.29 bits per heavy atom. The van der Waals surface area contributed by atoms with Crippen LogP contribution in [0.5, 0.6) is 0 Å². The van der Waals surface area contributed by atoms with Crippen LogP contribution in [0.2, 0.25) is 5.02 Å². The fraction of sp³-hybridized carbons (Fsp3) is 0.235. The average Bonchev–Trinajstić information content (AvgIpc) is 2.88. The van der Waals surface area contributed by atoms with Crippen molar-refractivity contribution in [1.29, 1.82) is 0 Å². The number of hydrogen-bond acceptors (Lipinski definition) is 3. The molecule has 0 amide bonds. The average molecular weight is 301 g/mol. The van der Waals surface area contributed by atoms with Crippen LogP contribution in [0.4, 0.5) is 0 Å². The van der Waals surface area contributed by atoms with E-state index in [1.165, 1.54) is 0 Å². The summed E-state index contributed by atoms with van der Waals surface area (Å²) in [7, 11) is 0. The number of pyridine rings is 1. The van der Waals surface area contributed by atoms with Crippen molar-refractivity contribution in [2.24, 2.45) is 0 Å². The first-order valence-corrected chi connectivity index (χ1v) is 7.40.